The van der Waals surface area contributed by atoms with E-state index in [1.165, 1.54) is 4.88 Å². The Morgan fingerprint density at radius 2 is 2.21 bits per heavy atom. The van der Waals surface area contributed by atoms with Gasteiger partial charge in [-0.1, -0.05) is 13.0 Å². The van der Waals surface area contributed by atoms with Gasteiger partial charge >= 0.3 is 0 Å². The molecule has 0 fully saturated rings. The molecule has 0 aromatic carbocycles. The highest BCUT2D eigenvalue weighted by molar-refractivity contribution is 7.09. The lowest BCUT2D eigenvalue weighted by Crippen LogP contribution is -2.22. The van der Waals surface area contributed by atoms with Crippen molar-refractivity contribution in [3.05, 3.63) is 45.9 Å². The first-order valence-electron chi connectivity index (χ1n) is 6.56. The molecule has 0 aliphatic carbocycles. The molecule has 0 spiro atoms. The molecule has 3 nitrogen and oxygen atoms in total. The second-order valence-electron chi connectivity index (χ2n) is 4.64. The predicted octanol–water partition coefficient (Wildman–Crippen LogP) is 3.31. The second kappa shape index (κ2) is 6.68. The van der Waals surface area contributed by atoms with Crippen LogP contribution < -0.4 is 10.5 Å². The van der Waals surface area contributed by atoms with E-state index in [2.05, 4.69) is 23.4 Å². The fourth-order valence-electron chi connectivity index (χ4n) is 1.81. The van der Waals surface area contributed by atoms with Crippen molar-refractivity contribution in [1.29, 1.82) is 0 Å². The van der Waals surface area contributed by atoms with Crippen LogP contribution in [0.5, 0.6) is 5.75 Å². The minimum absolute atomic E-state index is 0.137. The van der Waals surface area contributed by atoms with Gasteiger partial charge in [0, 0.05) is 23.0 Å². The van der Waals surface area contributed by atoms with Gasteiger partial charge in [-0.2, -0.15) is 0 Å². The molecule has 0 amide bonds. The van der Waals surface area contributed by atoms with Crippen molar-refractivity contribution >= 4 is 11.3 Å². The van der Waals surface area contributed by atoms with Gasteiger partial charge in [-0.15, -0.1) is 11.3 Å². The molecule has 0 bridgehead atoms. The van der Waals surface area contributed by atoms with Gasteiger partial charge in [0.15, 0.2) is 0 Å². The fraction of sp³-hybridized carbons (Fsp3) is 0.400. The number of aromatic nitrogens is 1. The number of hydrogen-bond acceptors (Lipinski definition) is 4. The highest BCUT2D eigenvalue weighted by Gasteiger charge is 2.10. The minimum Gasteiger partial charge on any atom is -0.486 e. The molecular formula is C15H20N2OS. The number of aryl methyl sites for hydroxylation is 1. The van der Waals surface area contributed by atoms with Crippen LogP contribution in [0.25, 0.3) is 0 Å². The normalized spacial score (nSPS) is 12.4. The molecular weight excluding hydrogens is 256 g/mol. The van der Waals surface area contributed by atoms with E-state index in [-0.39, 0.29) is 6.04 Å². The number of hydrogen-bond donors (Lipinski definition) is 1. The van der Waals surface area contributed by atoms with E-state index >= 15 is 0 Å². The van der Waals surface area contributed by atoms with Gasteiger partial charge in [-0.3, -0.25) is 4.98 Å². The first-order valence-corrected chi connectivity index (χ1v) is 7.44. The van der Waals surface area contributed by atoms with Crippen LogP contribution in [0.2, 0.25) is 0 Å². The number of nitrogens with zero attached hydrogens (tertiary/aromatic N) is 1. The molecule has 19 heavy (non-hydrogen) atoms. The largest absolute Gasteiger partial charge is 0.486 e. The molecule has 2 heterocycles. The Labute approximate surface area is 118 Å². The maximum absolute atomic E-state index is 6.02. The summed E-state index contributed by atoms with van der Waals surface area (Å²) in [7, 11) is 0. The summed E-state index contributed by atoms with van der Waals surface area (Å²) in [6.07, 6.45) is 1.71. The Morgan fingerprint density at radius 1 is 1.37 bits per heavy atom. The fourth-order valence-corrected chi connectivity index (χ4v) is 2.43. The Balaban J connectivity index is 2.09. The quantitative estimate of drug-likeness (QED) is 0.880. The molecule has 0 saturated heterocycles. The van der Waals surface area contributed by atoms with Gasteiger partial charge < -0.3 is 10.5 Å². The molecule has 2 N–H and O–H groups in total. The Bertz CT molecular complexity index is 511. The van der Waals surface area contributed by atoms with Crippen LogP contribution in [0, 0.1) is 6.92 Å². The summed E-state index contributed by atoms with van der Waals surface area (Å²) in [5.41, 5.74) is 7.99. The van der Waals surface area contributed by atoms with Crippen molar-refractivity contribution in [2.75, 3.05) is 0 Å². The summed E-state index contributed by atoms with van der Waals surface area (Å²) in [6.45, 7) is 4.67. The molecule has 2 aromatic rings. The van der Waals surface area contributed by atoms with Crippen LogP contribution in [0.3, 0.4) is 0 Å². The molecule has 0 aliphatic heterocycles. The third-order valence-electron chi connectivity index (χ3n) is 3.00. The van der Waals surface area contributed by atoms with Crippen molar-refractivity contribution in [1.82, 2.24) is 4.98 Å². The molecule has 0 radical (unpaired) electrons. The Kier molecular flexibility index (Phi) is 4.93. The summed E-state index contributed by atoms with van der Waals surface area (Å²) in [5.74, 6) is 0.850. The van der Waals surface area contributed by atoms with E-state index in [1.54, 1.807) is 11.3 Å². The van der Waals surface area contributed by atoms with Gasteiger partial charge in [-0.25, -0.2) is 0 Å². The van der Waals surface area contributed by atoms with Crippen molar-refractivity contribution in [2.45, 2.75) is 39.3 Å². The molecule has 0 saturated carbocycles. The van der Waals surface area contributed by atoms with E-state index in [0.29, 0.717) is 6.61 Å². The van der Waals surface area contributed by atoms with Crippen LogP contribution in [-0.4, -0.2) is 11.0 Å². The van der Waals surface area contributed by atoms with Gasteiger partial charge in [-0.05, 0) is 36.9 Å². The first kappa shape index (κ1) is 14.0. The van der Waals surface area contributed by atoms with Crippen molar-refractivity contribution in [3.63, 3.8) is 0 Å². The van der Waals surface area contributed by atoms with E-state index in [9.17, 15) is 0 Å². The number of thiophene rings is 1. The van der Waals surface area contributed by atoms with E-state index in [4.69, 9.17) is 10.5 Å². The number of nitrogens with two attached hydrogens (primary N) is 1. The lowest BCUT2D eigenvalue weighted by molar-refractivity contribution is 0.303. The maximum Gasteiger partial charge on any atom is 0.141 e. The zero-order chi connectivity index (χ0) is 13.7. The lowest BCUT2D eigenvalue weighted by Gasteiger charge is -2.13. The summed E-state index contributed by atoms with van der Waals surface area (Å²) in [6, 6.07) is 8.21. The molecule has 102 valence electrons. The van der Waals surface area contributed by atoms with Crippen LogP contribution in [-0.2, 0) is 13.0 Å². The zero-order valence-corrected chi connectivity index (χ0v) is 12.2. The van der Waals surface area contributed by atoms with E-state index < -0.39 is 0 Å². The molecule has 1 atom stereocenters. The predicted molar refractivity (Wildman–Crippen MR) is 79.6 cm³/mol. The average molecular weight is 276 g/mol. The van der Waals surface area contributed by atoms with Crippen LogP contribution in [0.1, 0.15) is 29.6 Å². The zero-order valence-electron chi connectivity index (χ0n) is 11.4. The summed E-state index contributed by atoms with van der Waals surface area (Å²) < 4.78 is 5.87. The maximum atomic E-state index is 6.02. The van der Waals surface area contributed by atoms with E-state index in [0.717, 1.165) is 30.0 Å². The molecule has 2 aromatic heterocycles. The molecule has 1 unspecified atom stereocenters. The summed E-state index contributed by atoms with van der Waals surface area (Å²) >= 11 is 1.70. The topological polar surface area (TPSA) is 48.1 Å². The van der Waals surface area contributed by atoms with Crippen molar-refractivity contribution in [3.8, 4) is 5.75 Å². The molecule has 0 aliphatic rings. The molecule has 4 heteroatoms. The number of pyridine rings is 1. The average Bonchev–Trinajstić information content (AvgIpc) is 2.91. The standard InChI is InChI=1S/C15H20N2OS/c1-3-12(16)9-14-15(7-6-11(2)17-14)18-10-13-5-4-8-19-13/h4-8,12H,3,9-10,16H2,1-2H3. The molecule has 2 rings (SSSR count). The van der Waals surface area contributed by atoms with Crippen molar-refractivity contribution in [2.24, 2.45) is 5.73 Å². The van der Waals surface area contributed by atoms with E-state index in [1.807, 2.05) is 25.1 Å². The van der Waals surface area contributed by atoms with Gasteiger partial charge in [0.25, 0.3) is 0 Å². The lowest BCUT2D eigenvalue weighted by atomic mass is 10.1. The Hall–Kier alpha value is -1.39. The number of rotatable bonds is 6. The van der Waals surface area contributed by atoms with Gasteiger partial charge in [0.2, 0.25) is 0 Å². The minimum atomic E-state index is 0.137. The summed E-state index contributed by atoms with van der Waals surface area (Å²) in [4.78, 5) is 5.77. The second-order valence-corrected chi connectivity index (χ2v) is 5.67. The first-order chi connectivity index (χ1) is 9.19. The van der Waals surface area contributed by atoms with Crippen molar-refractivity contribution < 1.29 is 4.74 Å². The highest BCUT2D eigenvalue weighted by atomic mass is 32.1. The highest BCUT2D eigenvalue weighted by Crippen LogP contribution is 2.21. The smallest absolute Gasteiger partial charge is 0.141 e. The van der Waals surface area contributed by atoms with Crippen LogP contribution in [0.15, 0.2) is 29.6 Å². The van der Waals surface area contributed by atoms with Gasteiger partial charge in [0.1, 0.15) is 12.4 Å². The number of ether oxygens (including phenoxy) is 1. The summed E-state index contributed by atoms with van der Waals surface area (Å²) in [5, 5.41) is 2.06. The SMILES string of the molecule is CCC(N)Cc1nc(C)ccc1OCc1cccs1. The monoisotopic (exact) mass is 276 g/mol. The van der Waals surface area contributed by atoms with Gasteiger partial charge in [0.05, 0.1) is 5.69 Å². The third-order valence-corrected chi connectivity index (χ3v) is 3.85. The Morgan fingerprint density at radius 3 is 2.89 bits per heavy atom. The van der Waals surface area contributed by atoms with Crippen LogP contribution >= 0.6 is 11.3 Å². The van der Waals surface area contributed by atoms with Crippen LogP contribution in [0.4, 0.5) is 0 Å². The third kappa shape index (κ3) is 4.04.